The summed E-state index contributed by atoms with van der Waals surface area (Å²) in [5.41, 5.74) is 10.8. The van der Waals surface area contributed by atoms with E-state index in [9.17, 15) is 8.42 Å². The van der Waals surface area contributed by atoms with Crippen molar-refractivity contribution >= 4 is 43.9 Å². The number of nitrogens with zero attached hydrogens (tertiary/aromatic N) is 6. The molecule has 2 aromatic heterocycles. The van der Waals surface area contributed by atoms with Crippen LogP contribution in [0, 0.1) is 6.92 Å². The Hall–Kier alpha value is -3.87. The SMILES string of the molecule is CCOCc1nc2c(N)nc(C)cc2n1CCCCNS(=O)(=O)c1ccc(N=Nc2ccc(N(C)C)cc2)cc1. The minimum absolute atomic E-state index is 0.180. The maximum atomic E-state index is 12.8. The molecule has 0 atom stereocenters. The first kappa shape index (κ1) is 29.1. The van der Waals surface area contributed by atoms with Crippen LogP contribution in [0.25, 0.3) is 11.0 Å². The maximum Gasteiger partial charge on any atom is 0.240 e. The molecular formula is C28H36N8O3S. The van der Waals surface area contributed by atoms with Crippen molar-refractivity contribution in [2.75, 3.05) is 37.9 Å². The summed E-state index contributed by atoms with van der Waals surface area (Å²) < 4.78 is 36.0. The Morgan fingerprint density at radius 1 is 1.00 bits per heavy atom. The van der Waals surface area contributed by atoms with Gasteiger partial charge in [-0.2, -0.15) is 10.2 Å². The van der Waals surface area contributed by atoms with E-state index in [0.29, 0.717) is 55.4 Å². The molecule has 0 fully saturated rings. The van der Waals surface area contributed by atoms with Crippen LogP contribution in [0.3, 0.4) is 0 Å². The number of nitrogen functional groups attached to an aromatic ring is 1. The molecule has 0 spiro atoms. The van der Waals surface area contributed by atoms with Gasteiger partial charge in [0.1, 0.15) is 17.9 Å². The number of pyridine rings is 1. The largest absolute Gasteiger partial charge is 0.382 e. The fourth-order valence-corrected chi connectivity index (χ4v) is 5.26. The number of hydrogen-bond donors (Lipinski definition) is 2. The number of ether oxygens (including phenoxy) is 1. The summed E-state index contributed by atoms with van der Waals surface area (Å²) in [6.07, 6.45) is 1.38. The minimum Gasteiger partial charge on any atom is -0.382 e. The zero-order chi connectivity index (χ0) is 28.7. The van der Waals surface area contributed by atoms with Crippen LogP contribution in [-0.2, 0) is 27.9 Å². The molecular weight excluding hydrogens is 528 g/mol. The second-order valence-corrected chi connectivity index (χ2v) is 11.3. The molecule has 0 aliphatic rings. The molecule has 0 amide bonds. The highest BCUT2D eigenvalue weighted by Crippen LogP contribution is 2.24. The van der Waals surface area contributed by atoms with Crippen molar-refractivity contribution in [3.05, 3.63) is 66.1 Å². The zero-order valence-electron chi connectivity index (χ0n) is 23.3. The smallest absolute Gasteiger partial charge is 0.240 e. The Bertz CT molecular complexity index is 1560. The van der Waals surface area contributed by atoms with E-state index in [4.69, 9.17) is 10.5 Å². The van der Waals surface area contributed by atoms with Crippen molar-refractivity contribution in [3.8, 4) is 0 Å². The van der Waals surface area contributed by atoms with Gasteiger partial charge in [0.25, 0.3) is 0 Å². The van der Waals surface area contributed by atoms with Crippen molar-refractivity contribution in [2.24, 2.45) is 10.2 Å². The number of nitrogens with two attached hydrogens (primary N) is 1. The topological polar surface area (TPSA) is 140 Å². The second-order valence-electron chi connectivity index (χ2n) is 9.54. The summed E-state index contributed by atoms with van der Waals surface area (Å²) in [6, 6.07) is 16.0. The van der Waals surface area contributed by atoms with Gasteiger partial charge in [-0.15, -0.1) is 0 Å². The molecule has 2 aromatic carbocycles. The van der Waals surface area contributed by atoms with Crippen molar-refractivity contribution in [3.63, 3.8) is 0 Å². The predicted molar refractivity (Wildman–Crippen MR) is 158 cm³/mol. The summed E-state index contributed by atoms with van der Waals surface area (Å²) in [7, 11) is 0.295. The third-order valence-corrected chi connectivity index (χ3v) is 7.78. The van der Waals surface area contributed by atoms with Crippen LogP contribution in [0.2, 0.25) is 0 Å². The average Bonchev–Trinajstić information content (AvgIpc) is 3.28. The number of aromatic nitrogens is 3. The first-order chi connectivity index (χ1) is 19.2. The van der Waals surface area contributed by atoms with Crippen LogP contribution in [0.1, 0.15) is 31.3 Å². The fourth-order valence-electron chi connectivity index (χ4n) is 4.18. The molecule has 11 nitrogen and oxygen atoms in total. The average molecular weight is 565 g/mol. The molecule has 0 aliphatic heterocycles. The molecule has 212 valence electrons. The van der Waals surface area contributed by atoms with Gasteiger partial charge in [0, 0.05) is 45.2 Å². The van der Waals surface area contributed by atoms with E-state index in [1.807, 2.05) is 63.2 Å². The molecule has 3 N–H and O–H groups in total. The molecule has 0 aliphatic carbocycles. The van der Waals surface area contributed by atoms with Crippen LogP contribution >= 0.6 is 0 Å². The first-order valence-corrected chi connectivity index (χ1v) is 14.6. The van der Waals surface area contributed by atoms with Crippen molar-refractivity contribution in [1.29, 1.82) is 0 Å². The van der Waals surface area contributed by atoms with Crippen molar-refractivity contribution in [1.82, 2.24) is 19.3 Å². The Balaban J connectivity index is 1.32. The highest BCUT2D eigenvalue weighted by molar-refractivity contribution is 7.89. The number of unbranched alkanes of at least 4 members (excludes halogenated alkanes) is 1. The van der Waals surface area contributed by atoms with E-state index >= 15 is 0 Å². The molecule has 0 saturated carbocycles. The number of fused-ring (bicyclic) bond motifs is 1. The van der Waals surface area contributed by atoms with E-state index in [1.165, 1.54) is 12.1 Å². The highest BCUT2D eigenvalue weighted by Gasteiger charge is 2.16. The van der Waals surface area contributed by atoms with Gasteiger partial charge in [0.15, 0.2) is 5.82 Å². The Kier molecular flexibility index (Phi) is 9.46. The monoisotopic (exact) mass is 564 g/mol. The lowest BCUT2D eigenvalue weighted by Gasteiger charge is -2.11. The number of benzene rings is 2. The van der Waals surface area contributed by atoms with Gasteiger partial charge >= 0.3 is 0 Å². The number of azo groups is 1. The van der Waals surface area contributed by atoms with Crippen molar-refractivity contribution in [2.45, 2.75) is 44.7 Å². The third-order valence-electron chi connectivity index (χ3n) is 6.30. The van der Waals surface area contributed by atoms with E-state index in [0.717, 1.165) is 29.1 Å². The summed E-state index contributed by atoms with van der Waals surface area (Å²) in [5.74, 6) is 1.17. The first-order valence-electron chi connectivity index (χ1n) is 13.2. The third kappa shape index (κ3) is 7.20. The van der Waals surface area contributed by atoms with Gasteiger partial charge in [-0.3, -0.25) is 0 Å². The second kappa shape index (κ2) is 13.0. The number of rotatable bonds is 13. The fraction of sp³-hybridized carbons (Fsp3) is 0.357. The van der Waals surface area contributed by atoms with Gasteiger partial charge in [0.2, 0.25) is 10.0 Å². The normalized spacial score (nSPS) is 12.0. The summed E-state index contributed by atoms with van der Waals surface area (Å²) in [6.45, 7) is 5.73. The molecule has 40 heavy (non-hydrogen) atoms. The van der Waals surface area contributed by atoms with Crippen LogP contribution in [-0.4, -0.2) is 50.2 Å². The quantitative estimate of drug-likeness (QED) is 0.170. The molecule has 0 unspecified atom stereocenters. The predicted octanol–water partition coefficient (Wildman–Crippen LogP) is 5.10. The van der Waals surface area contributed by atoms with E-state index in [-0.39, 0.29) is 4.90 Å². The van der Waals surface area contributed by atoms with Gasteiger partial charge in [-0.25, -0.2) is 23.1 Å². The number of nitrogens with one attached hydrogen (secondary N) is 1. The maximum absolute atomic E-state index is 12.8. The van der Waals surface area contributed by atoms with Crippen LogP contribution < -0.4 is 15.4 Å². The van der Waals surface area contributed by atoms with Gasteiger partial charge in [-0.1, -0.05) is 0 Å². The zero-order valence-corrected chi connectivity index (χ0v) is 24.1. The number of sulfonamides is 1. The molecule has 2 heterocycles. The van der Waals surface area contributed by atoms with E-state index < -0.39 is 10.0 Å². The molecule has 0 radical (unpaired) electrons. The highest BCUT2D eigenvalue weighted by atomic mass is 32.2. The molecule has 0 saturated heterocycles. The number of aryl methyl sites for hydroxylation is 2. The number of anilines is 2. The summed E-state index contributed by atoms with van der Waals surface area (Å²) in [4.78, 5) is 11.1. The van der Waals surface area contributed by atoms with Crippen molar-refractivity contribution < 1.29 is 13.2 Å². The Morgan fingerprint density at radius 2 is 1.65 bits per heavy atom. The standard InChI is InChI=1S/C28H36N8O3S/c1-5-39-19-26-32-27-25(18-20(2)31-28(27)29)36(26)17-7-6-16-30-40(37,38)24-14-10-22(11-15-24)34-33-21-8-12-23(13-9-21)35(3)4/h8-15,18,30H,5-7,16-17,19H2,1-4H3,(H2,29,31). The minimum atomic E-state index is -3.65. The lowest BCUT2D eigenvalue weighted by atomic mass is 10.3. The van der Waals surface area contributed by atoms with E-state index in [1.54, 1.807) is 12.1 Å². The van der Waals surface area contributed by atoms with E-state index in [2.05, 4.69) is 29.5 Å². The molecule has 4 rings (SSSR count). The van der Waals surface area contributed by atoms with Crippen LogP contribution in [0.5, 0.6) is 0 Å². The Labute approximate surface area is 235 Å². The van der Waals surface area contributed by atoms with Gasteiger partial charge in [-0.05, 0) is 81.3 Å². The van der Waals surface area contributed by atoms with Gasteiger partial charge in [0.05, 0.1) is 21.8 Å². The molecule has 4 aromatic rings. The van der Waals surface area contributed by atoms with Crippen LogP contribution in [0.15, 0.2) is 69.7 Å². The summed E-state index contributed by atoms with van der Waals surface area (Å²) >= 11 is 0. The summed E-state index contributed by atoms with van der Waals surface area (Å²) in [5, 5.41) is 8.44. The van der Waals surface area contributed by atoms with Crippen LogP contribution in [0.4, 0.5) is 22.9 Å². The molecule has 0 bridgehead atoms. The Morgan fingerprint density at radius 3 is 2.27 bits per heavy atom. The molecule has 12 heteroatoms. The number of hydrogen-bond acceptors (Lipinski definition) is 9. The lowest BCUT2D eigenvalue weighted by Crippen LogP contribution is -2.25. The lowest BCUT2D eigenvalue weighted by molar-refractivity contribution is 0.126. The van der Waals surface area contributed by atoms with Gasteiger partial charge < -0.3 is 19.9 Å². The number of imidazole rings is 1.